The fraction of sp³-hybridized carbons (Fsp3) is 0.222. The van der Waals surface area contributed by atoms with Gasteiger partial charge in [-0.1, -0.05) is 18.2 Å². The molecule has 0 bridgehead atoms. The summed E-state index contributed by atoms with van der Waals surface area (Å²) in [6.45, 7) is 0. The smallest absolute Gasteiger partial charge is 0.150 e. The second kappa shape index (κ2) is 3.19. The van der Waals surface area contributed by atoms with Gasteiger partial charge in [-0.2, -0.15) is 0 Å². The molecule has 0 aliphatic heterocycles. The van der Waals surface area contributed by atoms with Gasteiger partial charge in [0.2, 0.25) is 0 Å². The molecule has 1 aliphatic carbocycles. The summed E-state index contributed by atoms with van der Waals surface area (Å²) >= 11 is 0. The third-order valence-electron chi connectivity index (χ3n) is 1.41. The fourth-order valence-electron chi connectivity index (χ4n) is 0.951. The van der Waals surface area contributed by atoms with Crippen molar-refractivity contribution in [3.8, 4) is 0 Å². The molecule has 0 heterocycles. The summed E-state index contributed by atoms with van der Waals surface area (Å²) in [5, 5.41) is 0. The number of nitrogens with zero attached hydrogens (tertiary/aromatic N) is 1. The third kappa shape index (κ3) is 1.80. The number of rotatable bonds is 2. The van der Waals surface area contributed by atoms with Gasteiger partial charge in [-0.15, -0.1) is 0 Å². The van der Waals surface area contributed by atoms with Crippen molar-refractivity contribution < 1.29 is 4.79 Å². The van der Waals surface area contributed by atoms with E-state index in [2.05, 4.69) is 0 Å². The summed E-state index contributed by atoms with van der Waals surface area (Å²) in [5.41, 5.74) is 1.73. The van der Waals surface area contributed by atoms with Crippen LogP contribution in [0.15, 0.2) is 35.6 Å². The van der Waals surface area contributed by atoms with Crippen LogP contribution in [0, 0.1) is 0 Å². The molecule has 0 fully saturated rings. The maximum atomic E-state index is 10.4. The van der Waals surface area contributed by atoms with Gasteiger partial charge in [-0.05, 0) is 0 Å². The lowest BCUT2D eigenvalue weighted by Crippen LogP contribution is -2.02. The Morgan fingerprint density at radius 2 is 2.18 bits per heavy atom. The van der Waals surface area contributed by atoms with Crippen molar-refractivity contribution >= 4 is 6.29 Å². The van der Waals surface area contributed by atoms with E-state index in [0.29, 0.717) is 0 Å². The molecule has 2 heteroatoms. The number of hydrogen-bond donors (Lipinski definition) is 0. The summed E-state index contributed by atoms with van der Waals surface area (Å²) < 4.78 is 0. The average Bonchev–Trinajstić information content (AvgIpc) is 2.34. The van der Waals surface area contributed by atoms with Crippen molar-refractivity contribution in [1.82, 2.24) is 4.90 Å². The van der Waals surface area contributed by atoms with Crippen molar-refractivity contribution in [2.24, 2.45) is 0 Å². The van der Waals surface area contributed by atoms with E-state index in [1.807, 2.05) is 43.4 Å². The normalized spacial score (nSPS) is 18.7. The monoisotopic (exact) mass is 149 g/mol. The van der Waals surface area contributed by atoms with Crippen molar-refractivity contribution in [3.05, 3.63) is 35.6 Å². The molecule has 0 spiro atoms. The van der Waals surface area contributed by atoms with Crippen LogP contribution >= 0.6 is 0 Å². The molecule has 0 amide bonds. The molecule has 0 unspecified atom stereocenters. The first kappa shape index (κ1) is 7.79. The largest absolute Gasteiger partial charge is 0.383 e. The molecule has 1 rings (SSSR count). The van der Waals surface area contributed by atoms with Crippen molar-refractivity contribution in [2.45, 2.75) is 0 Å². The van der Waals surface area contributed by atoms with Gasteiger partial charge in [0.15, 0.2) is 6.29 Å². The third-order valence-corrected chi connectivity index (χ3v) is 1.41. The lowest BCUT2D eigenvalue weighted by Gasteiger charge is -2.05. The SMILES string of the molecule is CN(C)/C=C1\C=CC=C1C=O. The molecule has 0 aromatic carbocycles. The maximum absolute atomic E-state index is 10.4. The lowest BCUT2D eigenvalue weighted by molar-refractivity contribution is -0.104. The van der Waals surface area contributed by atoms with Crippen LogP contribution in [0.2, 0.25) is 0 Å². The second-order valence-corrected chi connectivity index (χ2v) is 2.65. The summed E-state index contributed by atoms with van der Waals surface area (Å²) in [6.07, 6.45) is 8.39. The van der Waals surface area contributed by atoms with Crippen LogP contribution in [0.1, 0.15) is 0 Å². The van der Waals surface area contributed by atoms with Crippen LogP contribution in [-0.4, -0.2) is 25.3 Å². The zero-order chi connectivity index (χ0) is 8.27. The first-order valence-corrected chi connectivity index (χ1v) is 3.46. The minimum absolute atomic E-state index is 0.749. The van der Waals surface area contributed by atoms with Gasteiger partial charge in [0.1, 0.15) is 0 Å². The van der Waals surface area contributed by atoms with E-state index in [1.165, 1.54) is 0 Å². The van der Waals surface area contributed by atoms with E-state index >= 15 is 0 Å². The molecular formula is C9H11NO. The zero-order valence-electron chi connectivity index (χ0n) is 6.74. The highest BCUT2D eigenvalue weighted by atomic mass is 16.1. The molecule has 11 heavy (non-hydrogen) atoms. The number of aldehydes is 1. The van der Waals surface area contributed by atoms with Crippen LogP contribution in [0.3, 0.4) is 0 Å². The average molecular weight is 149 g/mol. The molecule has 0 aromatic rings. The minimum Gasteiger partial charge on any atom is -0.383 e. The molecule has 0 atom stereocenters. The van der Waals surface area contributed by atoms with Crippen molar-refractivity contribution in [1.29, 1.82) is 0 Å². The predicted octanol–water partition coefficient (Wildman–Crippen LogP) is 1.13. The highest BCUT2D eigenvalue weighted by molar-refractivity contribution is 5.84. The van der Waals surface area contributed by atoms with E-state index in [0.717, 1.165) is 17.4 Å². The molecule has 0 saturated carbocycles. The summed E-state index contributed by atoms with van der Waals surface area (Å²) in [4.78, 5) is 12.4. The number of carbonyl (C=O) groups is 1. The summed E-state index contributed by atoms with van der Waals surface area (Å²) in [7, 11) is 3.86. The fourth-order valence-corrected chi connectivity index (χ4v) is 0.951. The highest BCUT2D eigenvalue weighted by Gasteiger charge is 2.04. The Morgan fingerprint density at radius 1 is 1.45 bits per heavy atom. The lowest BCUT2D eigenvalue weighted by atomic mass is 10.2. The van der Waals surface area contributed by atoms with E-state index in [-0.39, 0.29) is 0 Å². The zero-order valence-corrected chi connectivity index (χ0v) is 6.74. The minimum atomic E-state index is 0.749. The molecule has 0 radical (unpaired) electrons. The van der Waals surface area contributed by atoms with Crippen molar-refractivity contribution in [3.63, 3.8) is 0 Å². The molecule has 2 nitrogen and oxygen atoms in total. The Bertz CT molecular complexity index is 246. The van der Waals surface area contributed by atoms with E-state index in [1.54, 1.807) is 0 Å². The van der Waals surface area contributed by atoms with Crippen LogP contribution in [0.4, 0.5) is 0 Å². The first-order chi connectivity index (χ1) is 5.24. The number of hydrogen-bond acceptors (Lipinski definition) is 2. The Hall–Kier alpha value is -1.31. The molecule has 0 aromatic heterocycles. The Labute approximate surface area is 66.5 Å². The van der Waals surface area contributed by atoms with Crippen LogP contribution in [-0.2, 0) is 4.79 Å². The van der Waals surface area contributed by atoms with Crippen molar-refractivity contribution in [2.75, 3.05) is 14.1 Å². The van der Waals surface area contributed by atoms with E-state index in [4.69, 9.17) is 0 Å². The molecule has 0 N–H and O–H groups in total. The molecule has 58 valence electrons. The van der Waals surface area contributed by atoms with Gasteiger partial charge in [-0.3, -0.25) is 4.79 Å². The highest BCUT2D eigenvalue weighted by Crippen LogP contribution is 2.15. The van der Waals surface area contributed by atoms with Crippen LogP contribution in [0.5, 0.6) is 0 Å². The Kier molecular flexibility index (Phi) is 2.26. The Morgan fingerprint density at radius 3 is 2.73 bits per heavy atom. The number of allylic oxidation sites excluding steroid dienone is 5. The number of carbonyl (C=O) groups excluding carboxylic acids is 1. The van der Waals surface area contributed by atoms with Crippen LogP contribution < -0.4 is 0 Å². The summed E-state index contributed by atoms with van der Waals surface area (Å²) in [5.74, 6) is 0. The summed E-state index contributed by atoms with van der Waals surface area (Å²) in [6, 6.07) is 0. The standard InChI is InChI=1S/C9H11NO/c1-10(2)6-8-4-3-5-9(8)7-11/h3-7H,1-2H3/b8-6+. The maximum Gasteiger partial charge on any atom is 0.150 e. The molecule has 0 saturated heterocycles. The van der Waals surface area contributed by atoms with E-state index in [9.17, 15) is 4.79 Å². The van der Waals surface area contributed by atoms with Crippen LogP contribution in [0.25, 0.3) is 0 Å². The molecule has 1 aliphatic rings. The second-order valence-electron chi connectivity index (χ2n) is 2.65. The van der Waals surface area contributed by atoms with Gasteiger partial charge in [-0.25, -0.2) is 0 Å². The van der Waals surface area contributed by atoms with Gasteiger partial charge < -0.3 is 4.90 Å². The van der Waals surface area contributed by atoms with Gasteiger partial charge in [0, 0.05) is 31.4 Å². The molecular weight excluding hydrogens is 138 g/mol. The Balaban J connectivity index is 2.82. The quantitative estimate of drug-likeness (QED) is 0.548. The van der Waals surface area contributed by atoms with Gasteiger partial charge in [0.05, 0.1) is 0 Å². The first-order valence-electron chi connectivity index (χ1n) is 3.46. The predicted molar refractivity (Wildman–Crippen MR) is 45.1 cm³/mol. The topological polar surface area (TPSA) is 20.3 Å². The van der Waals surface area contributed by atoms with Gasteiger partial charge >= 0.3 is 0 Å². The van der Waals surface area contributed by atoms with Gasteiger partial charge in [0.25, 0.3) is 0 Å². The van der Waals surface area contributed by atoms with E-state index < -0.39 is 0 Å².